The fraction of sp³-hybridized carbons (Fsp3) is 0.625. The number of aryl methyl sites for hydroxylation is 1. The molecule has 0 aliphatic rings. The summed E-state index contributed by atoms with van der Waals surface area (Å²) < 4.78 is 2.95. The summed E-state index contributed by atoms with van der Waals surface area (Å²) in [5.74, 6) is -0.742. The van der Waals surface area contributed by atoms with Crippen LogP contribution in [0.3, 0.4) is 0 Å². The van der Waals surface area contributed by atoms with Crippen molar-refractivity contribution in [3.05, 3.63) is 3.95 Å². The number of carboxylic acids is 1. The quantitative estimate of drug-likeness (QED) is 0.668. The normalized spacial score (nSPS) is 13.1. The molecule has 0 aromatic carbocycles. The third-order valence-electron chi connectivity index (χ3n) is 1.75. The third-order valence-corrected chi connectivity index (χ3v) is 4.78. The van der Waals surface area contributed by atoms with Gasteiger partial charge < -0.3 is 5.11 Å². The first kappa shape index (κ1) is 12.7. The monoisotopic (exact) mass is 264 g/mol. The maximum absolute atomic E-state index is 11.0. The zero-order valence-electron chi connectivity index (χ0n) is 8.63. The second-order valence-corrected chi connectivity index (χ2v) is 6.39. The molecule has 0 radical (unpaired) electrons. The van der Waals surface area contributed by atoms with E-state index < -0.39 is 11.2 Å². The van der Waals surface area contributed by atoms with Crippen LogP contribution < -0.4 is 0 Å². The fourth-order valence-electron chi connectivity index (χ4n) is 0.952. The molecule has 1 unspecified atom stereocenters. The maximum atomic E-state index is 11.0. The molecule has 15 heavy (non-hydrogen) atoms. The van der Waals surface area contributed by atoms with Gasteiger partial charge in [0.15, 0.2) is 8.29 Å². The van der Waals surface area contributed by atoms with E-state index in [0.29, 0.717) is 8.29 Å². The van der Waals surface area contributed by atoms with Gasteiger partial charge in [-0.25, -0.2) is 4.68 Å². The van der Waals surface area contributed by atoms with Gasteiger partial charge in [-0.2, -0.15) is 5.10 Å². The Bertz CT molecular complexity index is 410. The Morgan fingerprint density at radius 1 is 1.67 bits per heavy atom. The lowest BCUT2D eigenvalue weighted by atomic mass is 10.1. The minimum absolute atomic E-state index is 0.0651. The molecule has 1 atom stereocenters. The first-order valence-corrected chi connectivity index (χ1v) is 6.46. The van der Waals surface area contributed by atoms with Crippen LogP contribution in [0.5, 0.6) is 0 Å². The standard InChI is InChI=1S/C8H12N2O2S3/c1-4(2)5(6(11)12)14-7-9-10(3)8(13)15-7/h4-5H,1-3H3,(H,11,12). The third kappa shape index (κ3) is 3.29. The van der Waals surface area contributed by atoms with Crippen LogP contribution in [-0.2, 0) is 11.8 Å². The number of thioether (sulfide) groups is 1. The van der Waals surface area contributed by atoms with Gasteiger partial charge in [0.2, 0.25) is 0 Å². The lowest BCUT2D eigenvalue weighted by Gasteiger charge is -2.12. The number of nitrogens with zero attached hydrogens (tertiary/aromatic N) is 2. The van der Waals surface area contributed by atoms with Gasteiger partial charge in [-0.3, -0.25) is 4.79 Å². The molecule has 1 heterocycles. The number of carbonyl (C=O) groups is 1. The van der Waals surface area contributed by atoms with E-state index in [-0.39, 0.29) is 5.92 Å². The van der Waals surface area contributed by atoms with Crippen LogP contribution >= 0.6 is 35.3 Å². The molecule has 0 aliphatic carbocycles. The van der Waals surface area contributed by atoms with E-state index in [0.717, 1.165) is 0 Å². The second kappa shape index (κ2) is 5.09. The summed E-state index contributed by atoms with van der Waals surface area (Å²) in [6.07, 6.45) is 0. The first-order chi connectivity index (χ1) is 6.91. The fourth-order valence-corrected chi connectivity index (χ4v) is 3.37. The van der Waals surface area contributed by atoms with Crippen LogP contribution in [0.2, 0.25) is 0 Å². The van der Waals surface area contributed by atoms with E-state index in [2.05, 4.69) is 5.10 Å². The molecule has 7 heteroatoms. The maximum Gasteiger partial charge on any atom is 0.317 e. The van der Waals surface area contributed by atoms with Crippen molar-refractivity contribution in [3.8, 4) is 0 Å². The van der Waals surface area contributed by atoms with Gasteiger partial charge in [-0.05, 0) is 18.1 Å². The van der Waals surface area contributed by atoms with Crippen molar-refractivity contribution in [2.45, 2.75) is 23.4 Å². The summed E-state index contributed by atoms with van der Waals surface area (Å²) in [7, 11) is 1.76. The minimum atomic E-state index is -0.807. The van der Waals surface area contributed by atoms with Gasteiger partial charge in [0, 0.05) is 7.05 Å². The van der Waals surface area contributed by atoms with Crippen molar-refractivity contribution < 1.29 is 9.90 Å². The van der Waals surface area contributed by atoms with Crippen molar-refractivity contribution in [2.75, 3.05) is 0 Å². The summed E-state index contributed by atoms with van der Waals surface area (Å²) in [6.45, 7) is 3.77. The Morgan fingerprint density at radius 3 is 2.60 bits per heavy atom. The molecule has 1 rings (SSSR count). The Morgan fingerprint density at radius 2 is 2.27 bits per heavy atom. The Labute approximate surface area is 101 Å². The highest BCUT2D eigenvalue weighted by Gasteiger charge is 2.24. The lowest BCUT2D eigenvalue weighted by Crippen LogP contribution is -2.22. The number of hydrogen-bond donors (Lipinski definition) is 1. The minimum Gasteiger partial charge on any atom is -0.480 e. The molecule has 0 saturated heterocycles. The molecule has 0 amide bonds. The predicted molar refractivity (Wildman–Crippen MR) is 64.0 cm³/mol. The number of rotatable bonds is 4. The van der Waals surface area contributed by atoms with E-state index in [9.17, 15) is 4.79 Å². The van der Waals surface area contributed by atoms with Crippen LogP contribution in [0.1, 0.15) is 13.8 Å². The molecular weight excluding hydrogens is 252 g/mol. The van der Waals surface area contributed by atoms with E-state index in [1.165, 1.54) is 23.1 Å². The molecule has 0 saturated carbocycles. The highest BCUT2D eigenvalue weighted by Crippen LogP contribution is 2.30. The smallest absolute Gasteiger partial charge is 0.317 e. The summed E-state index contributed by atoms with van der Waals surface area (Å²) >= 11 is 7.62. The second-order valence-electron chi connectivity index (χ2n) is 3.38. The molecule has 0 bridgehead atoms. The van der Waals surface area contributed by atoms with E-state index in [1.54, 1.807) is 11.7 Å². The average Bonchev–Trinajstić information content (AvgIpc) is 2.41. The van der Waals surface area contributed by atoms with Crippen LogP contribution in [-0.4, -0.2) is 26.1 Å². The van der Waals surface area contributed by atoms with E-state index >= 15 is 0 Å². The van der Waals surface area contributed by atoms with Crippen LogP contribution in [0, 0.1) is 9.87 Å². The van der Waals surface area contributed by atoms with Crippen molar-refractivity contribution in [1.29, 1.82) is 0 Å². The summed E-state index contributed by atoms with van der Waals surface area (Å²) in [6, 6.07) is 0. The SMILES string of the molecule is CC(C)C(Sc1nn(C)c(=S)s1)C(=O)O. The Hall–Kier alpha value is -0.400. The van der Waals surface area contributed by atoms with Crippen LogP contribution in [0.15, 0.2) is 4.34 Å². The lowest BCUT2D eigenvalue weighted by molar-refractivity contribution is -0.137. The number of hydrogen-bond acceptors (Lipinski definition) is 5. The summed E-state index contributed by atoms with van der Waals surface area (Å²) in [5, 5.41) is 12.7. The van der Waals surface area contributed by atoms with Gasteiger partial charge in [0.25, 0.3) is 0 Å². The Kier molecular flexibility index (Phi) is 4.30. The summed E-state index contributed by atoms with van der Waals surface area (Å²) in [4.78, 5) is 11.0. The highest BCUT2D eigenvalue weighted by molar-refractivity contribution is 8.02. The number of aliphatic carboxylic acids is 1. The van der Waals surface area contributed by atoms with Crippen LogP contribution in [0.4, 0.5) is 0 Å². The van der Waals surface area contributed by atoms with Crippen molar-refractivity contribution in [3.63, 3.8) is 0 Å². The predicted octanol–water partition coefficient (Wildman–Crippen LogP) is 2.41. The molecule has 4 nitrogen and oxygen atoms in total. The molecule has 0 aliphatic heterocycles. The number of carboxylic acid groups (broad SMARTS) is 1. The van der Waals surface area contributed by atoms with Gasteiger partial charge in [-0.15, -0.1) is 0 Å². The molecule has 84 valence electrons. The zero-order valence-corrected chi connectivity index (χ0v) is 11.1. The van der Waals surface area contributed by atoms with Crippen molar-refractivity contribution >= 4 is 41.3 Å². The van der Waals surface area contributed by atoms with Gasteiger partial charge in [-0.1, -0.05) is 36.9 Å². The molecule has 1 N–H and O–H groups in total. The summed E-state index contributed by atoms with van der Waals surface area (Å²) in [5.41, 5.74) is 0. The highest BCUT2D eigenvalue weighted by atomic mass is 32.2. The molecule has 0 fully saturated rings. The molecular formula is C8H12N2O2S3. The largest absolute Gasteiger partial charge is 0.480 e. The zero-order chi connectivity index (χ0) is 11.6. The van der Waals surface area contributed by atoms with Crippen molar-refractivity contribution in [2.24, 2.45) is 13.0 Å². The van der Waals surface area contributed by atoms with E-state index in [1.807, 2.05) is 13.8 Å². The Balaban J connectivity index is 2.83. The van der Waals surface area contributed by atoms with E-state index in [4.69, 9.17) is 17.3 Å². The van der Waals surface area contributed by atoms with Crippen molar-refractivity contribution in [1.82, 2.24) is 9.78 Å². The van der Waals surface area contributed by atoms with Crippen LogP contribution in [0.25, 0.3) is 0 Å². The molecule has 0 spiro atoms. The average molecular weight is 264 g/mol. The topological polar surface area (TPSA) is 55.1 Å². The van der Waals surface area contributed by atoms with Gasteiger partial charge in [0.05, 0.1) is 0 Å². The van der Waals surface area contributed by atoms with Gasteiger partial charge in [0.1, 0.15) is 5.25 Å². The number of aromatic nitrogens is 2. The van der Waals surface area contributed by atoms with Gasteiger partial charge >= 0.3 is 5.97 Å². The molecule has 1 aromatic rings. The first-order valence-electron chi connectivity index (χ1n) is 4.35. The molecule has 1 aromatic heterocycles.